The van der Waals surface area contributed by atoms with Crippen molar-refractivity contribution in [2.24, 2.45) is 0 Å². The second kappa shape index (κ2) is 3.99. The van der Waals surface area contributed by atoms with E-state index in [1.807, 2.05) is 0 Å². The zero-order chi connectivity index (χ0) is 11.7. The number of hydrogen-bond acceptors (Lipinski definition) is 1. The Hall–Kier alpha value is -1.79. The van der Waals surface area contributed by atoms with Gasteiger partial charge in [0.2, 0.25) is 0 Å². The summed E-state index contributed by atoms with van der Waals surface area (Å²) in [6.45, 7) is 0.304. The highest BCUT2D eigenvalue weighted by molar-refractivity contribution is 6.31. The van der Waals surface area contributed by atoms with E-state index in [0.29, 0.717) is 12.1 Å². The van der Waals surface area contributed by atoms with Crippen molar-refractivity contribution < 1.29 is 4.39 Å². The molecule has 0 amide bonds. The van der Waals surface area contributed by atoms with Gasteiger partial charge in [0.25, 0.3) is 0 Å². The lowest BCUT2D eigenvalue weighted by Crippen LogP contribution is -2.08. The molecule has 0 aliphatic carbocycles. The topological polar surface area (TPSA) is 22.0 Å². The second-order valence-electron chi connectivity index (χ2n) is 3.30. The Morgan fingerprint density at radius 2 is 2.25 bits per heavy atom. The highest BCUT2D eigenvalue weighted by Gasteiger charge is 2.07. The van der Waals surface area contributed by atoms with Crippen LogP contribution in [0.25, 0.3) is 10.9 Å². The van der Waals surface area contributed by atoms with E-state index in [-0.39, 0.29) is 15.8 Å². The fraction of sp³-hybridized carbons (Fsp3) is 0.0833. The van der Waals surface area contributed by atoms with E-state index in [4.69, 9.17) is 18.0 Å². The first-order valence-corrected chi connectivity index (χ1v) is 4.93. The third-order valence-corrected chi connectivity index (χ3v) is 2.57. The third kappa shape index (κ3) is 1.68. The standard InChI is InChI=1S/C12H7ClFNO/c1-2-4-15-5-3-12(16)8-6-10(14)9(13)7-11(8)15/h1,3,5-7H,4H2. The number of aromatic nitrogens is 1. The minimum Gasteiger partial charge on any atom is -0.336 e. The highest BCUT2D eigenvalue weighted by atomic mass is 35.5. The Morgan fingerprint density at radius 1 is 1.50 bits per heavy atom. The molecule has 0 bridgehead atoms. The first-order valence-electron chi connectivity index (χ1n) is 4.55. The summed E-state index contributed by atoms with van der Waals surface area (Å²) in [5.74, 6) is 1.85. The molecule has 0 saturated heterocycles. The van der Waals surface area contributed by atoms with E-state index in [9.17, 15) is 9.18 Å². The predicted molar refractivity (Wildman–Crippen MR) is 62.0 cm³/mol. The van der Waals surface area contributed by atoms with Crippen molar-refractivity contribution in [1.29, 1.82) is 0 Å². The maximum Gasteiger partial charge on any atom is 0.189 e. The molecule has 0 spiro atoms. The number of terminal acetylenes is 1. The van der Waals surface area contributed by atoms with Gasteiger partial charge in [-0.15, -0.1) is 6.42 Å². The van der Waals surface area contributed by atoms with Crippen molar-refractivity contribution in [3.8, 4) is 12.3 Å². The number of rotatable bonds is 1. The Balaban J connectivity index is 2.88. The lowest BCUT2D eigenvalue weighted by atomic mass is 10.2. The zero-order valence-corrected chi connectivity index (χ0v) is 8.96. The quantitative estimate of drug-likeness (QED) is 0.696. The summed E-state index contributed by atoms with van der Waals surface area (Å²) < 4.78 is 14.9. The molecule has 0 atom stereocenters. The third-order valence-electron chi connectivity index (χ3n) is 2.28. The van der Waals surface area contributed by atoms with E-state index in [0.717, 1.165) is 6.07 Å². The predicted octanol–water partition coefficient (Wildman–Crippen LogP) is 2.43. The Morgan fingerprint density at radius 3 is 2.94 bits per heavy atom. The van der Waals surface area contributed by atoms with Gasteiger partial charge in [0.1, 0.15) is 5.82 Å². The molecule has 0 fully saturated rings. The van der Waals surface area contributed by atoms with Crippen LogP contribution in [-0.2, 0) is 6.54 Å². The van der Waals surface area contributed by atoms with Crippen LogP contribution in [0.2, 0.25) is 5.02 Å². The molecular weight excluding hydrogens is 229 g/mol. The van der Waals surface area contributed by atoms with Crippen molar-refractivity contribution in [2.75, 3.05) is 0 Å². The lowest BCUT2D eigenvalue weighted by Gasteiger charge is -2.07. The van der Waals surface area contributed by atoms with Crippen LogP contribution in [0.1, 0.15) is 0 Å². The summed E-state index contributed by atoms with van der Waals surface area (Å²) in [5, 5.41) is 0.253. The maximum absolute atomic E-state index is 13.2. The Bertz CT molecular complexity index is 654. The van der Waals surface area contributed by atoms with Gasteiger partial charge in [0.05, 0.1) is 17.1 Å². The molecule has 0 unspecified atom stereocenters. The smallest absolute Gasteiger partial charge is 0.189 e. The number of benzene rings is 1. The molecule has 16 heavy (non-hydrogen) atoms. The van der Waals surface area contributed by atoms with Crippen LogP contribution in [0.15, 0.2) is 29.2 Å². The van der Waals surface area contributed by atoms with Crippen LogP contribution in [0, 0.1) is 18.2 Å². The van der Waals surface area contributed by atoms with Gasteiger partial charge in [-0.05, 0) is 12.1 Å². The normalized spacial score (nSPS) is 10.3. The molecular formula is C12H7ClFNO. The molecule has 0 aliphatic heterocycles. The lowest BCUT2D eigenvalue weighted by molar-refractivity contribution is 0.629. The maximum atomic E-state index is 13.2. The first-order chi connectivity index (χ1) is 7.63. The average molecular weight is 236 g/mol. The molecule has 4 heteroatoms. The monoisotopic (exact) mass is 235 g/mol. The van der Waals surface area contributed by atoms with Crippen LogP contribution in [0.4, 0.5) is 4.39 Å². The van der Waals surface area contributed by atoms with E-state index >= 15 is 0 Å². The molecule has 80 valence electrons. The van der Waals surface area contributed by atoms with Crippen LogP contribution in [0.3, 0.4) is 0 Å². The van der Waals surface area contributed by atoms with Gasteiger partial charge in [-0.3, -0.25) is 4.79 Å². The molecule has 2 aromatic rings. The minimum atomic E-state index is -0.607. The first kappa shape index (κ1) is 10.7. The summed E-state index contributed by atoms with van der Waals surface area (Å²) in [6, 6.07) is 3.89. The number of pyridine rings is 1. The van der Waals surface area contributed by atoms with Crippen molar-refractivity contribution in [1.82, 2.24) is 4.57 Å². The SMILES string of the molecule is C#CCn1ccc(=O)c2cc(F)c(Cl)cc21. The van der Waals surface area contributed by atoms with Gasteiger partial charge in [0, 0.05) is 17.6 Å². The summed E-state index contributed by atoms with van der Waals surface area (Å²) >= 11 is 5.67. The molecule has 1 heterocycles. The molecule has 2 nitrogen and oxygen atoms in total. The second-order valence-corrected chi connectivity index (χ2v) is 3.70. The average Bonchev–Trinajstić information content (AvgIpc) is 2.25. The van der Waals surface area contributed by atoms with Crippen molar-refractivity contribution in [3.05, 3.63) is 45.5 Å². The van der Waals surface area contributed by atoms with Crippen LogP contribution in [-0.4, -0.2) is 4.57 Å². The van der Waals surface area contributed by atoms with Gasteiger partial charge in [-0.2, -0.15) is 0 Å². The van der Waals surface area contributed by atoms with Gasteiger partial charge >= 0.3 is 0 Å². The number of nitrogens with zero attached hydrogens (tertiary/aromatic N) is 1. The fourth-order valence-corrected chi connectivity index (χ4v) is 1.69. The summed E-state index contributed by atoms with van der Waals surface area (Å²) in [7, 11) is 0. The van der Waals surface area contributed by atoms with Gasteiger partial charge in [0.15, 0.2) is 5.43 Å². The zero-order valence-electron chi connectivity index (χ0n) is 8.21. The minimum absolute atomic E-state index is 0.0242. The van der Waals surface area contributed by atoms with Crippen molar-refractivity contribution in [2.45, 2.75) is 6.54 Å². The highest BCUT2D eigenvalue weighted by Crippen LogP contribution is 2.20. The number of hydrogen-bond donors (Lipinski definition) is 0. The van der Waals surface area contributed by atoms with Gasteiger partial charge < -0.3 is 4.57 Å². The Kier molecular flexibility index (Phi) is 2.67. The van der Waals surface area contributed by atoms with Crippen molar-refractivity contribution >= 4 is 22.5 Å². The summed E-state index contributed by atoms with van der Waals surface area (Å²) in [5.41, 5.74) is 0.288. The van der Waals surface area contributed by atoms with Crippen LogP contribution in [0.5, 0.6) is 0 Å². The molecule has 1 aromatic heterocycles. The number of halogens is 2. The van der Waals surface area contributed by atoms with Gasteiger partial charge in [-0.25, -0.2) is 4.39 Å². The van der Waals surface area contributed by atoms with E-state index in [2.05, 4.69) is 5.92 Å². The number of fused-ring (bicyclic) bond motifs is 1. The summed E-state index contributed by atoms with van der Waals surface area (Å²) in [6.07, 6.45) is 6.77. The van der Waals surface area contributed by atoms with Crippen LogP contribution < -0.4 is 5.43 Å². The largest absolute Gasteiger partial charge is 0.336 e. The Labute approximate surface area is 96.3 Å². The molecule has 0 saturated carbocycles. The molecule has 0 N–H and O–H groups in total. The molecule has 1 aromatic carbocycles. The van der Waals surface area contributed by atoms with E-state index in [1.165, 1.54) is 12.1 Å². The molecule has 2 rings (SSSR count). The van der Waals surface area contributed by atoms with Crippen LogP contribution >= 0.6 is 11.6 Å². The van der Waals surface area contributed by atoms with E-state index < -0.39 is 5.82 Å². The van der Waals surface area contributed by atoms with Crippen molar-refractivity contribution in [3.63, 3.8) is 0 Å². The van der Waals surface area contributed by atoms with Gasteiger partial charge in [-0.1, -0.05) is 17.5 Å². The molecule has 0 aliphatic rings. The van der Waals surface area contributed by atoms with E-state index in [1.54, 1.807) is 10.8 Å². The summed E-state index contributed by atoms with van der Waals surface area (Å²) in [4.78, 5) is 11.5. The fourth-order valence-electron chi connectivity index (χ4n) is 1.54. The molecule has 0 radical (unpaired) electrons.